The predicted octanol–water partition coefficient (Wildman–Crippen LogP) is 1.77. The highest BCUT2D eigenvalue weighted by atomic mass is 16.5. The molecule has 0 unspecified atom stereocenters. The number of carbonyl (C=O) groups is 2. The Labute approximate surface area is 143 Å². The van der Waals surface area contributed by atoms with Crippen LogP contribution in [0.3, 0.4) is 0 Å². The van der Waals surface area contributed by atoms with Crippen LogP contribution < -0.4 is 5.73 Å². The molecule has 0 spiro atoms. The van der Waals surface area contributed by atoms with Gasteiger partial charge in [-0.2, -0.15) is 0 Å². The predicted molar refractivity (Wildman–Crippen MR) is 91.4 cm³/mol. The number of likely N-dealkylation sites (tertiary alicyclic amines) is 1. The number of hydrogen-bond acceptors (Lipinski definition) is 3. The molecule has 2 fully saturated rings. The van der Waals surface area contributed by atoms with Crippen LogP contribution in [0.2, 0.25) is 0 Å². The van der Waals surface area contributed by atoms with Gasteiger partial charge in [-0.15, -0.1) is 0 Å². The summed E-state index contributed by atoms with van der Waals surface area (Å²) in [4.78, 5) is 26.7. The average Bonchev–Trinajstić information content (AvgIpc) is 2.62. The third kappa shape index (κ3) is 3.18. The number of nitrogens with zero attached hydrogens (tertiary/aromatic N) is 1. The van der Waals surface area contributed by atoms with Gasteiger partial charge in [0.15, 0.2) is 0 Å². The van der Waals surface area contributed by atoms with Gasteiger partial charge in [0.2, 0.25) is 11.8 Å². The van der Waals surface area contributed by atoms with Crippen molar-refractivity contribution in [2.75, 3.05) is 26.3 Å². The van der Waals surface area contributed by atoms with Crippen molar-refractivity contribution in [1.82, 2.24) is 4.90 Å². The minimum absolute atomic E-state index is 0.0981. The molecule has 3 rings (SSSR count). The zero-order valence-electron chi connectivity index (χ0n) is 14.3. The van der Waals surface area contributed by atoms with Crippen LogP contribution in [0, 0.1) is 12.8 Å². The standard InChI is InChI=1S/C19H26N2O3/c1-14-2-4-16(5-3-14)19(8-12-24-13-9-19)18(23)21-10-6-15(7-11-21)17(20)22/h2-5,15H,6-13H2,1H3,(H2,20,22). The van der Waals surface area contributed by atoms with Crippen LogP contribution >= 0.6 is 0 Å². The van der Waals surface area contributed by atoms with E-state index in [1.165, 1.54) is 5.56 Å². The van der Waals surface area contributed by atoms with Crippen LogP contribution in [0.1, 0.15) is 36.8 Å². The van der Waals surface area contributed by atoms with Gasteiger partial charge in [-0.3, -0.25) is 9.59 Å². The molecule has 2 N–H and O–H groups in total. The summed E-state index contributed by atoms with van der Waals surface area (Å²) in [6.07, 6.45) is 2.76. The van der Waals surface area contributed by atoms with E-state index in [4.69, 9.17) is 10.5 Å². The fourth-order valence-electron chi connectivity index (χ4n) is 3.89. The molecule has 2 aliphatic rings. The van der Waals surface area contributed by atoms with Gasteiger partial charge in [-0.05, 0) is 38.2 Å². The molecule has 24 heavy (non-hydrogen) atoms. The first-order valence-corrected chi connectivity index (χ1v) is 8.76. The van der Waals surface area contributed by atoms with Crippen LogP contribution in [-0.4, -0.2) is 43.0 Å². The van der Waals surface area contributed by atoms with E-state index >= 15 is 0 Å². The van der Waals surface area contributed by atoms with E-state index in [0.29, 0.717) is 52.0 Å². The van der Waals surface area contributed by atoms with Gasteiger partial charge < -0.3 is 15.4 Å². The summed E-state index contributed by atoms with van der Waals surface area (Å²) in [5.74, 6) is -0.168. The second-order valence-electron chi connectivity index (χ2n) is 7.03. The van der Waals surface area contributed by atoms with Crippen molar-refractivity contribution < 1.29 is 14.3 Å². The molecule has 0 bridgehead atoms. The van der Waals surface area contributed by atoms with E-state index in [1.807, 2.05) is 4.90 Å². The number of primary amides is 1. The van der Waals surface area contributed by atoms with Crippen molar-refractivity contribution in [3.8, 4) is 0 Å². The van der Waals surface area contributed by atoms with E-state index < -0.39 is 5.41 Å². The summed E-state index contributed by atoms with van der Waals surface area (Å²) in [5, 5.41) is 0. The van der Waals surface area contributed by atoms with E-state index in [2.05, 4.69) is 31.2 Å². The molecule has 2 heterocycles. The van der Waals surface area contributed by atoms with E-state index in [1.54, 1.807) is 0 Å². The maximum atomic E-state index is 13.4. The van der Waals surface area contributed by atoms with Crippen molar-refractivity contribution >= 4 is 11.8 Å². The quantitative estimate of drug-likeness (QED) is 0.918. The number of carbonyl (C=O) groups excluding carboxylic acids is 2. The number of benzene rings is 1. The molecule has 2 aliphatic heterocycles. The summed E-state index contributed by atoms with van der Waals surface area (Å²) in [6.45, 7) is 4.49. The molecule has 5 heteroatoms. The van der Waals surface area contributed by atoms with Crippen molar-refractivity contribution in [3.05, 3.63) is 35.4 Å². The molecule has 1 aromatic rings. The van der Waals surface area contributed by atoms with Crippen molar-refractivity contribution in [3.63, 3.8) is 0 Å². The summed E-state index contributed by atoms with van der Waals surface area (Å²) < 4.78 is 5.52. The maximum absolute atomic E-state index is 13.4. The topological polar surface area (TPSA) is 72.6 Å². The molecule has 0 aromatic heterocycles. The van der Waals surface area contributed by atoms with Crippen molar-refractivity contribution in [2.24, 2.45) is 11.7 Å². The zero-order valence-corrected chi connectivity index (χ0v) is 14.3. The van der Waals surface area contributed by atoms with E-state index in [-0.39, 0.29) is 17.7 Å². The number of rotatable bonds is 3. The smallest absolute Gasteiger partial charge is 0.233 e. The molecular formula is C19H26N2O3. The first-order chi connectivity index (χ1) is 11.5. The van der Waals surface area contributed by atoms with Crippen molar-refractivity contribution in [2.45, 2.75) is 38.0 Å². The summed E-state index contributed by atoms with van der Waals surface area (Å²) in [7, 11) is 0. The Kier molecular flexibility index (Phi) is 4.90. The van der Waals surface area contributed by atoms with Crippen LogP contribution in [0.25, 0.3) is 0 Å². The number of aryl methyl sites for hydroxylation is 1. The molecule has 0 radical (unpaired) electrons. The molecule has 5 nitrogen and oxygen atoms in total. The first-order valence-electron chi connectivity index (χ1n) is 8.76. The van der Waals surface area contributed by atoms with Crippen molar-refractivity contribution in [1.29, 1.82) is 0 Å². The summed E-state index contributed by atoms with van der Waals surface area (Å²) >= 11 is 0. The van der Waals surface area contributed by atoms with Gasteiger partial charge in [0.05, 0.1) is 5.41 Å². The Morgan fingerprint density at radius 3 is 2.25 bits per heavy atom. The van der Waals surface area contributed by atoms with Gasteiger partial charge in [-0.1, -0.05) is 29.8 Å². The largest absolute Gasteiger partial charge is 0.381 e. The summed E-state index contributed by atoms with van der Waals surface area (Å²) in [5.41, 5.74) is 7.18. The summed E-state index contributed by atoms with van der Waals surface area (Å²) in [6, 6.07) is 8.29. The minimum atomic E-state index is -0.495. The highest BCUT2D eigenvalue weighted by Gasteiger charge is 2.44. The lowest BCUT2D eigenvalue weighted by atomic mass is 9.72. The van der Waals surface area contributed by atoms with Crippen LogP contribution in [0.4, 0.5) is 0 Å². The molecule has 130 valence electrons. The SMILES string of the molecule is Cc1ccc(C2(C(=O)N3CCC(C(N)=O)CC3)CCOCC2)cc1. The minimum Gasteiger partial charge on any atom is -0.381 e. The fourth-order valence-corrected chi connectivity index (χ4v) is 3.89. The molecule has 1 aromatic carbocycles. The third-order valence-corrected chi connectivity index (χ3v) is 5.54. The molecule has 2 saturated heterocycles. The number of nitrogens with two attached hydrogens (primary N) is 1. The van der Waals surface area contributed by atoms with Gasteiger partial charge in [0, 0.05) is 32.2 Å². The number of piperidine rings is 1. The molecular weight excluding hydrogens is 304 g/mol. The average molecular weight is 330 g/mol. The van der Waals surface area contributed by atoms with Gasteiger partial charge in [0.1, 0.15) is 0 Å². The second-order valence-corrected chi connectivity index (χ2v) is 7.03. The zero-order chi connectivity index (χ0) is 17.2. The molecule has 0 atom stereocenters. The number of hydrogen-bond donors (Lipinski definition) is 1. The van der Waals surface area contributed by atoms with Crippen LogP contribution in [-0.2, 0) is 19.7 Å². The maximum Gasteiger partial charge on any atom is 0.233 e. The highest BCUT2D eigenvalue weighted by molar-refractivity contribution is 5.89. The van der Waals surface area contributed by atoms with E-state index in [9.17, 15) is 9.59 Å². The third-order valence-electron chi connectivity index (χ3n) is 5.54. The lowest BCUT2D eigenvalue weighted by molar-refractivity contribution is -0.144. The molecule has 2 amide bonds. The van der Waals surface area contributed by atoms with Gasteiger partial charge in [0.25, 0.3) is 0 Å². The Bertz CT molecular complexity index is 598. The number of amides is 2. The van der Waals surface area contributed by atoms with E-state index in [0.717, 1.165) is 5.56 Å². The van der Waals surface area contributed by atoms with Gasteiger partial charge in [-0.25, -0.2) is 0 Å². The normalized spacial score (nSPS) is 21.5. The molecule has 0 aliphatic carbocycles. The molecule has 0 saturated carbocycles. The fraction of sp³-hybridized carbons (Fsp3) is 0.579. The Morgan fingerprint density at radius 1 is 1.12 bits per heavy atom. The Hall–Kier alpha value is -1.88. The second kappa shape index (κ2) is 6.93. The lowest BCUT2D eigenvalue weighted by Gasteiger charge is -2.42. The van der Waals surface area contributed by atoms with Crippen LogP contribution in [0.5, 0.6) is 0 Å². The monoisotopic (exact) mass is 330 g/mol. The van der Waals surface area contributed by atoms with Gasteiger partial charge >= 0.3 is 0 Å². The first kappa shape index (κ1) is 17.0. The Balaban J connectivity index is 1.82. The van der Waals surface area contributed by atoms with Crippen LogP contribution in [0.15, 0.2) is 24.3 Å². The number of ether oxygens (including phenoxy) is 1. The lowest BCUT2D eigenvalue weighted by Crippen LogP contribution is -2.52. The highest BCUT2D eigenvalue weighted by Crippen LogP contribution is 2.38. The Morgan fingerprint density at radius 2 is 1.71 bits per heavy atom.